The van der Waals surface area contributed by atoms with E-state index in [1.165, 1.54) is 31.3 Å². The highest BCUT2D eigenvalue weighted by atomic mass is 16.3. The molecular weight excluding hydrogens is 576 g/mol. The standard InChI is InChI=1S/C37H50N6O3/c1-36-12-11-28-26(8-7-25-21-30(44)31(45)23-37(25,28)2)27(36)9-10-29(36)32(46)24-40-17-19-42(20-18-40)34-22-33(41-13-3-4-14-41)38-35(39-34)43-15-5-6-16-43/h11,21-23,26-27,29,45H,3-10,12-20,24H2,1-2H3/t26-,27+,29+,36+,37+/m1/s1. The van der Waals surface area contributed by atoms with Crippen LogP contribution < -0.4 is 14.7 Å². The zero-order chi connectivity index (χ0) is 31.6. The Morgan fingerprint density at radius 1 is 0.891 bits per heavy atom. The molecule has 1 aromatic heterocycles. The van der Waals surface area contributed by atoms with E-state index < -0.39 is 0 Å². The first-order valence-corrected chi connectivity index (χ1v) is 18.0. The normalized spacial score (nSPS) is 34.6. The summed E-state index contributed by atoms with van der Waals surface area (Å²) < 4.78 is 0. The number of hydrogen-bond acceptors (Lipinski definition) is 9. The lowest BCUT2D eigenvalue weighted by molar-refractivity contribution is -0.128. The number of Topliss-reactive ketones (excluding diaryl/α,β-unsaturated/α-hetero) is 1. The molecule has 0 amide bonds. The smallest absolute Gasteiger partial charge is 0.229 e. The third-order valence-corrected chi connectivity index (χ3v) is 13.0. The predicted molar refractivity (Wildman–Crippen MR) is 180 cm³/mol. The van der Waals surface area contributed by atoms with Crippen molar-refractivity contribution in [3.8, 4) is 0 Å². The lowest BCUT2D eigenvalue weighted by atomic mass is 9.52. The molecule has 0 unspecified atom stereocenters. The minimum atomic E-state index is -0.377. The van der Waals surface area contributed by atoms with Crippen LogP contribution in [0.25, 0.3) is 0 Å². The van der Waals surface area contributed by atoms with Gasteiger partial charge < -0.3 is 19.8 Å². The average molecular weight is 627 g/mol. The minimum absolute atomic E-state index is 0.0280. The molecule has 246 valence electrons. The number of allylic oxidation sites excluding steroid dienone is 5. The van der Waals surface area contributed by atoms with Crippen LogP contribution in [0.2, 0.25) is 0 Å². The van der Waals surface area contributed by atoms with Gasteiger partial charge in [0.05, 0.1) is 6.54 Å². The number of rotatable bonds is 6. The Bertz CT molecular complexity index is 1460. The molecule has 46 heavy (non-hydrogen) atoms. The van der Waals surface area contributed by atoms with Crippen LogP contribution >= 0.6 is 0 Å². The molecule has 2 saturated carbocycles. The number of aliphatic hydroxyl groups excluding tert-OH is 1. The van der Waals surface area contributed by atoms with E-state index >= 15 is 0 Å². The Balaban J connectivity index is 0.934. The largest absolute Gasteiger partial charge is 0.504 e. The van der Waals surface area contributed by atoms with Crippen molar-refractivity contribution >= 4 is 29.2 Å². The van der Waals surface area contributed by atoms with Crippen LogP contribution in [0.4, 0.5) is 17.6 Å². The number of carbonyl (C=O) groups excluding carboxylic acids is 2. The SMILES string of the molecule is C[C@]12C=C(O)C(=O)C=C1CC[C@H]1C2=CC[C@]2(C)[C@H](C(=O)CN3CCN(c4cc(N5CCCC5)nc(N5CCCC5)n4)CC3)CC[C@@H]12. The molecule has 8 rings (SSSR count). The number of aromatic nitrogens is 2. The predicted octanol–water partition coefficient (Wildman–Crippen LogP) is 5.10. The van der Waals surface area contributed by atoms with E-state index in [2.05, 4.69) is 45.6 Å². The highest BCUT2D eigenvalue weighted by Crippen LogP contribution is 2.64. The third-order valence-electron chi connectivity index (χ3n) is 13.0. The van der Waals surface area contributed by atoms with Gasteiger partial charge in [-0.15, -0.1) is 0 Å². The minimum Gasteiger partial charge on any atom is -0.504 e. The average Bonchev–Trinajstić information content (AvgIpc) is 3.84. The highest BCUT2D eigenvalue weighted by molar-refractivity contribution is 6.04. The molecule has 5 fully saturated rings. The van der Waals surface area contributed by atoms with E-state index in [0.29, 0.717) is 24.2 Å². The molecule has 7 aliphatic rings. The maximum Gasteiger partial charge on any atom is 0.229 e. The van der Waals surface area contributed by atoms with Crippen LogP contribution in [-0.2, 0) is 9.59 Å². The molecule has 9 heteroatoms. The first kappa shape index (κ1) is 30.2. The molecule has 0 aromatic carbocycles. The Labute approximate surface area is 273 Å². The molecule has 4 heterocycles. The van der Waals surface area contributed by atoms with Gasteiger partial charge in [0.15, 0.2) is 5.76 Å². The van der Waals surface area contributed by atoms with Crippen LogP contribution in [0.15, 0.2) is 41.2 Å². The van der Waals surface area contributed by atoms with E-state index in [-0.39, 0.29) is 28.3 Å². The van der Waals surface area contributed by atoms with Gasteiger partial charge in [-0.2, -0.15) is 9.97 Å². The molecule has 9 nitrogen and oxygen atoms in total. The second-order valence-corrected chi connectivity index (χ2v) is 15.5. The molecule has 4 aliphatic carbocycles. The number of ketones is 2. The summed E-state index contributed by atoms with van der Waals surface area (Å²) in [5.41, 5.74) is 2.09. The number of hydrogen-bond donors (Lipinski definition) is 1. The number of anilines is 3. The van der Waals surface area contributed by atoms with Gasteiger partial charge in [0.1, 0.15) is 17.4 Å². The van der Waals surface area contributed by atoms with Crippen molar-refractivity contribution in [3.63, 3.8) is 0 Å². The fourth-order valence-electron chi connectivity index (χ4n) is 10.3. The van der Waals surface area contributed by atoms with E-state index in [4.69, 9.17) is 9.97 Å². The summed E-state index contributed by atoms with van der Waals surface area (Å²) in [6.07, 6.45) is 15.6. The van der Waals surface area contributed by atoms with Gasteiger partial charge in [0.25, 0.3) is 0 Å². The number of nitrogens with zero attached hydrogens (tertiary/aromatic N) is 6. The molecule has 5 atom stereocenters. The van der Waals surface area contributed by atoms with Gasteiger partial charge in [-0.25, -0.2) is 0 Å². The topological polar surface area (TPSA) is 93.1 Å². The third kappa shape index (κ3) is 4.99. The summed E-state index contributed by atoms with van der Waals surface area (Å²) in [4.78, 5) is 45.9. The lowest BCUT2D eigenvalue weighted by Gasteiger charge is -2.52. The maximum absolute atomic E-state index is 14.0. The van der Waals surface area contributed by atoms with E-state index in [0.717, 1.165) is 108 Å². The zero-order valence-corrected chi connectivity index (χ0v) is 27.7. The molecule has 1 aromatic rings. The summed E-state index contributed by atoms with van der Waals surface area (Å²) in [6, 6.07) is 2.20. The first-order valence-electron chi connectivity index (χ1n) is 18.0. The van der Waals surface area contributed by atoms with E-state index in [1.54, 1.807) is 12.2 Å². The first-order chi connectivity index (χ1) is 22.2. The number of piperazine rings is 1. The van der Waals surface area contributed by atoms with Crippen LogP contribution in [-0.4, -0.2) is 90.4 Å². The van der Waals surface area contributed by atoms with Crippen molar-refractivity contribution in [1.29, 1.82) is 0 Å². The van der Waals surface area contributed by atoms with E-state index in [9.17, 15) is 14.7 Å². The summed E-state index contributed by atoms with van der Waals surface area (Å²) in [5, 5.41) is 10.4. The number of fused-ring (bicyclic) bond motifs is 5. The fourth-order valence-corrected chi connectivity index (χ4v) is 10.3. The highest BCUT2D eigenvalue weighted by Gasteiger charge is 2.57. The van der Waals surface area contributed by atoms with Gasteiger partial charge in [-0.3, -0.25) is 14.5 Å². The molecular formula is C37H50N6O3. The van der Waals surface area contributed by atoms with Gasteiger partial charge in [-0.1, -0.05) is 24.1 Å². The fraction of sp³-hybridized carbons (Fsp3) is 0.676. The molecule has 0 bridgehead atoms. The summed E-state index contributed by atoms with van der Waals surface area (Å²) in [5.74, 6) is 3.96. The Morgan fingerprint density at radius 3 is 2.24 bits per heavy atom. The second kappa shape index (κ2) is 11.5. The van der Waals surface area contributed by atoms with Gasteiger partial charge >= 0.3 is 0 Å². The molecule has 3 saturated heterocycles. The van der Waals surface area contributed by atoms with Crippen LogP contribution in [0, 0.1) is 28.6 Å². The molecule has 0 radical (unpaired) electrons. The second-order valence-electron chi connectivity index (χ2n) is 15.5. The molecule has 0 spiro atoms. The zero-order valence-electron chi connectivity index (χ0n) is 27.7. The Morgan fingerprint density at radius 2 is 1.54 bits per heavy atom. The van der Waals surface area contributed by atoms with Crippen LogP contribution in [0.1, 0.15) is 71.6 Å². The van der Waals surface area contributed by atoms with E-state index in [1.807, 2.05) is 0 Å². The Hall–Kier alpha value is -3.20. The van der Waals surface area contributed by atoms with Crippen molar-refractivity contribution in [2.24, 2.45) is 28.6 Å². The number of aliphatic hydroxyl groups is 1. The van der Waals surface area contributed by atoms with Crippen molar-refractivity contribution in [2.45, 2.75) is 71.6 Å². The molecule has 3 aliphatic heterocycles. The van der Waals surface area contributed by atoms with Crippen LogP contribution in [0.5, 0.6) is 0 Å². The maximum atomic E-state index is 14.0. The number of carbonyl (C=O) groups is 2. The van der Waals surface area contributed by atoms with Crippen molar-refractivity contribution in [1.82, 2.24) is 14.9 Å². The summed E-state index contributed by atoms with van der Waals surface area (Å²) in [6.45, 7) is 12.8. The van der Waals surface area contributed by atoms with Gasteiger partial charge in [0, 0.05) is 69.8 Å². The van der Waals surface area contributed by atoms with Gasteiger partial charge in [0.2, 0.25) is 11.7 Å². The lowest BCUT2D eigenvalue weighted by Crippen LogP contribution is -2.50. The summed E-state index contributed by atoms with van der Waals surface area (Å²) >= 11 is 0. The van der Waals surface area contributed by atoms with Crippen molar-refractivity contribution in [2.75, 3.05) is 73.6 Å². The van der Waals surface area contributed by atoms with Crippen molar-refractivity contribution in [3.05, 3.63) is 41.2 Å². The van der Waals surface area contributed by atoms with Crippen molar-refractivity contribution < 1.29 is 14.7 Å². The monoisotopic (exact) mass is 626 g/mol. The summed E-state index contributed by atoms with van der Waals surface area (Å²) in [7, 11) is 0. The molecule has 1 N–H and O–H groups in total. The van der Waals surface area contributed by atoms with Gasteiger partial charge in [-0.05, 0) is 94.1 Å². The Kier molecular flexibility index (Phi) is 7.54. The van der Waals surface area contributed by atoms with Crippen LogP contribution in [0.3, 0.4) is 0 Å². The quantitative estimate of drug-likeness (QED) is 0.433.